The van der Waals surface area contributed by atoms with Gasteiger partial charge in [0.2, 0.25) is 5.13 Å². The van der Waals surface area contributed by atoms with Crippen LogP contribution in [0.1, 0.15) is 11.1 Å². The molecule has 4 aromatic rings. The molecule has 0 aliphatic rings. The van der Waals surface area contributed by atoms with Gasteiger partial charge in [-0.05, 0) is 36.8 Å². The molecule has 0 spiro atoms. The molecule has 2 aromatic heterocycles. The zero-order valence-corrected chi connectivity index (χ0v) is 13.5. The van der Waals surface area contributed by atoms with Crippen LogP contribution < -0.4 is 5.63 Å². The van der Waals surface area contributed by atoms with Crippen molar-refractivity contribution in [3.8, 4) is 5.75 Å². The molecule has 0 atom stereocenters. The summed E-state index contributed by atoms with van der Waals surface area (Å²) in [6.45, 7) is 2.01. The van der Waals surface area contributed by atoms with Crippen molar-refractivity contribution in [2.75, 3.05) is 0 Å². The average Bonchev–Trinajstić information content (AvgIpc) is 2.96. The predicted octanol–water partition coefficient (Wildman–Crippen LogP) is 4.17. The summed E-state index contributed by atoms with van der Waals surface area (Å²) < 4.78 is 6.24. The molecule has 6 heteroatoms. The van der Waals surface area contributed by atoms with E-state index in [0.29, 0.717) is 16.1 Å². The average molecular weight is 336 g/mol. The van der Waals surface area contributed by atoms with Crippen LogP contribution in [0.3, 0.4) is 0 Å². The smallest absolute Gasteiger partial charge is 0.348 e. The fraction of sp³-hybridized carbons (Fsp3) is 0.0556. The number of rotatable bonds is 2. The number of hydrogen-bond acceptors (Lipinski definition) is 6. The minimum Gasteiger partial charge on any atom is -0.506 e. The van der Waals surface area contributed by atoms with Crippen LogP contribution in [-0.2, 0) is 0 Å². The topological polar surface area (TPSA) is 75.7 Å². The molecule has 0 amide bonds. The molecule has 2 aromatic carbocycles. The van der Waals surface area contributed by atoms with Gasteiger partial charge in [0, 0.05) is 6.21 Å². The number of thiazole rings is 1. The van der Waals surface area contributed by atoms with Crippen LogP contribution in [0, 0.1) is 6.92 Å². The highest BCUT2D eigenvalue weighted by atomic mass is 32.1. The van der Waals surface area contributed by atoms with Crippen LogP contribution in [0.25, 0.3) is 21.2 Å². The number of aromatic hydroxyl groups is 1. The van der Waals surface area contributed by atoms with Gasteiger partial charge in [0.15, 0.2) is 0 Å². The lowest BCUT2D eigenvalue weighted by Crippen LogP contribution is -2.06. The fourth-order valence-corrected chi connectivity index (χ4v) is 3.37. The summed E-state index contributed by atoms with van der Waals surface area (Å²) in [5.41, 5.74) is 1.73. The van der Waals surface area contributed by atoms with Crippen molar-refractivity contribution in [2.24, 2.45) is 4.99 Å². The van der Waals surface area contributed by atoms with Crippen LogP contribution >= 0.6 is 11.3 Å². The van der Waals surface area contributed by atoms with E-state index in [1.807, 2.05) is 25.1 Å². The molecule has 24 heavy (non-hydrogen) atoms. The lowest BCUT2D eigenvalue weighted by molar-refractivity contribution is 0.466. The van der Waals surface area contributed by atoms with E-state index in [-0.39, 0.29) is 11.3 Å². The van der Waals surface area contributed by atoms with Crippen molar-refractivity contribution in [3.05, 3.63) is 64.0 Å². The van der Waals surface area contributed by atoms with E-state index in [2.05, 4.69) is 9.98 Å². The number of aromatic nitrogens is 1. The van der Waals surface area contributed by atoms with Crippen molar-refractivity contribution in [1.29, 1.82) is 0 Å². The Balaban J connectivity index is 1.80. The first-order chi connectivity index (χ1) is 11.6. The molecule has 0 bridgehead atoms. The van der Waals surface area contributed by atoms with Crippen molar-refractivity contribution in [3.63, 3.8) is 0 Å². The van der Waals surface area contributed by atoms with Gasteiger partial charge in [0.1, 0.15) is 16.9 Å². The zero-order valence-electron chi connectivity index (χ0n) is 12.7. The Morgan fingerprint density at radius 2 is 2.08 bits per heavy atom. The molecule has 0 aliphatic heterocycles. The lowest BCUT2D eigenvalue weighted by atomic mass is 10.1. The summed E-state index contributed by atoms with van der Waals surface area (Å²) in [6, 6.07) is 12.8. The number of hydrogen-bond donors (Lipinski definition) is 1. The van der Waals surface area contributed by atoms with E-state index in [0.717, 1.165) is 15.8 Å². The van der Waals surface area contributed by atoms with Gasteiger partial charge in [-0.3, -0.25) is 0 Å². The standard InChI is InChI=1S/C18H12N2O3S/c1-10-6-7-13-15(8-10)24-18(20-13)19-9-12-16(21)11-4-2-3-5-14(11)23-17(12)22/h2-9,21H,1H3. The maximum absolute atomic E-state index is 12.1. The number of aliphatic imine (C=N–C) groups is 1. The molecule has 0 fully saturated rings. The minimum absolute atomic E-state index is 0.0177. The second-order valence-electron chi connectivity index (χ2n) is 5.37. The molecule has 0 saturated carbocycles. The van der Waals surface area contributed by atoms with Gasteiger partial charge >= 0.3 is 5.63 Å². The molecular formula is C18H12N2O3S. The molecule has 5 nitrogen and oxygen atoms in total. The SMILES string of the molecule is Cc1ccc2nc(N=Cc3c(O)c4ccccc4oc3=O)sc2c1. The van der Waals surface area contributed by atoms with Crippen LogP contribution in [0.2, 0.25) is 0 Å². The third-order valence-corrected chi connectivity index (χ3v) is 4.58. The summed E-state index contributed by atoms with van der Waals surface area (Å²) in [5, 5.41) is 11.3. The minimum atomic E-state index is -0.632. The maximum atomic E-state index is 12.1. The van der Waals surface area contributed by atoms with Gasteiger partial charge in [-0.15, -0.1) is 0 Å². The van der Waals surface area contributed by atoms with E-state index >= 15 is 0 Å². The van der Waals surface area contributed by atoms with Gasteiger partial charge in [0.05, 0.1) is 15.6 Å². The van der Waals surface area contributed by atoms with Gasteiger partial charge in [0.25, 0.3) is 0 Å². The van der Waals surface area contributed by atoms with Gasteiger partial charge in [-0.25, -0.2) is 14.8 Å². The molecule has 0 radical (unpaired) electrons. The number of para-hydroxylation sites is 1. The highest BCUT2D eigenvalue weighted by Gasteiger charge is 2.12. The quantitative estimate of drug-likeness (QED) is 0.440. The van der Waals surface area contributed by atoms with Gasteiger partial charge in [-0.2, -0.15) is 0 Å². The third-order valence-electron chi connectivity index (χ3n) is 3.66. The molecule has 0 saturated heterocycles. The van der Waals surface area contributed by atoms with Crippen LogP contribution in [-0.4, -0.2) is 16.3 Å². The van der Waals surface area contributed by atoms with E-state index in [1.165, 1.54) is 17.6 Å². The molecule has 1 N–H and O–H groups in total. The first kappa shape index (κ1) is 14.6. The van der Waals surface area contributed by atoms with Crippen LogP contribution in [0.5, 0.6) is 5.75 Å². The summed E-state index contributed by atoms with van der Waals surface area (Å²) in [5.74, 6) is -0.137. The molecule has 4 rings (SSSR count). The number of nitrogens with zero attached hydrogens (tertiary/aromatic N) is 2. The highest BCUT2D eigenvalue weighted by molar-refractivity contribution is 7.22. The number of fused-ring (bicyclic) bond motifs is 2. The number of aryl methyl sites for hydroxylation is 1. The van der Waals surface area contributed by atoms with Crippen molar-refractivity contribution in [1.82, 2.24) is 4.98 Å². The van der Waals surface area contributed by atoms with Gasteiger partial charge in [-0.1, -0.05) is 29.5 Å². The Labute approximate surface area is 140 Å². The first-order valence-electron chi connectivity index (χ1n) is 7.28. The summed E-state index contributed by atoms with van der Waals surface area (Å²) in [7, 11) is 0. The lowest BCUT2D eigenvalue weighted by Gasteiger charge is -2.01. The number of benzene rings is 2. The Morgan fingerprint density at radius 1 is 1.25 bits per heavy atom. The van der Waals surface area contributed by atoms with Crippen LogP contribution in [0.15, 0.2) is 56.7 Å². The van der Waals surface area contributed by atoms with E-state index in [9.17, 15) is 9.90 Å². The Kier molecular flexibility index (Phi) is 3.39. The van der Waals surface area contributed by atoms with Crippen molar-refractivity contribution >= 4 is 43.9 Å². The first-order valence-corrected chi connectivity index (χ1v) is 8.09. The zero-order chi connectivity index (χ0) is 16.7. The van der Waals surface area contributed by atoms with E-state index < -0.39 is 5.63 Å². The molecule has 2 heterocycles. The Hall–Kier alpha value is -2.99. The summed E-state index contributed by atoms with van der Waals surface area (Å²) in [4.78, 5) is 20.7. The predicted molar refractivity (Wildman–Crippen MR) is 95.8 cm³/mol. The Morgan fingerprint density at radius 3 is 2.96 bits per heavy atom. The summed E-state index contributed by atoms with van der Waals surface area (Å²) >= 11 is 1.42. The molecule has 0 unspecified atom stereocenters. The van der Waals surface area contributed by atoms with Crippen LogP contribution in [0.4, 0.5) is 5.13 Å². The monoisotopic (exact) mass is 336 g/mol. The second-order valence-corrected chi connectivity index (χ2v) is 6.38. The summed E-state index contributed by atoms with van der Waals surface area (Å²) in [6.07, 6.45) is 1.30. The van der Waals surface area contributed by atoms with E-state index in [1.54, 1.807) is 24.3 Å². The van der Waals surface area contributed by atoms with E-state index in [4.69, 9.17) is 4.42 Å². The Bertz CT molecular complexity index is 1160. The molecule has 0 aliphatic carbocycles. The third kappa shape index (κ3) is 2.47. The highest BCUT2D eigenvalue weighted by Crippen LogP contribution is 2.29. The van der Waals surface area contributed by atoms with Crippen molar-refractivity contribution in [2.45, 2.75) is 6.92 Å². The maximum Gasteiger partial charge on any atom is 0.348 e. The normalized spacial score (nSPS) is 11.7. The molecule has 118 valence electrons. The second kappa shape index (κ2) is 5.58. The largest absolute Gasteiger partial charge is 0.506 e. The van der Waals surface area contributed by atoms with Gasteiger partial charge < -0.3 is 9.52 Å². The van der Waals surface area contributed by atoms with Crippen molar-refractivity contribution < 1.29 is 9.52 Å². The fourth-order valence-electron chi connectivity index (χ4n) is 2.46. The molecular weight excluding hydrogens is 324 g/mol.